The number of carbonyl (C=O) groups excluding carboxylic acids is 1. The number of nitrogens with one attached hydrogen (secondary N) is 1. The molecule has 1 heterocycles. The number of piperidine rings is 1. The number of carbonyl (C=O) groups is 1. The fourth-order valence-electron chi connectivity index (χ4n) is 3.22. The normalized spacial score (nSPS) is 32.0. The average Bonchev–Trinajstić information content (AvgIpc) is 2.39. The predicted molar refractivity (Wildman–Crippen MR) is 76.4 cm³/mol. The summed E-state index contributed by atoms with van der Waals surface area (Å²) in [5.41, 5.74) is 5.22. The molecule has 116 valence electrons. The van der Waals surface area contributed by atoms with Gasteiger partial charge >= 0.3 is 0 Å². The zero-order chi connectivity index (χ0) is 14.5. The van der Waals surface area contributed by atoms with Gasteiger partial charge in [-0.15, -0.1) is 0 Å². The van der Waals surface area contributed by atoms with Crippen molar-refractivity contribution in [1.29, 1.82) is 0 Å². The van der Waals surface area contributed by atoms with Gasteiger partial charge in [0.15, 0.2) is 0 Å². The second-order valence-corrected chi connectivity index (χ2v) is 5.72. The molecule has 0 aromatic heterocycles. The van der Waals surface area contributed by atoms with Gasteiger partial charge in [-0.3, -0.25) is 9.69 Å². The Morgan fingerprint density at radius 3 is 2.65 bits per heavy atom. The third kappa shape index (κ3) is 3.91. The molecule has 6 nitrogen and oxygen atoms in total. The fourth-order valence-corrected chi connectivity index (χ4v) is 3.22. The van der Waals surface area contributed by atoms with Gasteiger partial charge in [0, 0.05) is 38.9 Å². The minimum Gasteiger partial charge on any atom is -0.377 e. The Hall–Kier alpha value is -0.690. The largest absolute Gasteiger partial charge is 0.377 e. The van der Waals surface area contributed by atoms with Crippen LogP contribution < -0.4 is 11.1 Å². The van der Waals surface area contributed by atoms with Gasteiger partial charge in [-0.2, -0.15) is 0 Å². The Morgan fingerprint density at radius 2 is 2.10 bits per heavy atom. The van der Waals surface area contributed by atoms with Gasteiger partial charge in [0.2, 0.25) is 5.91 Å². The first-order chi connectivity index (χ1) is 9.63. The molecule has 2 fully saturated rings. The van der Waals surface area contributed by atoms with Crippen LogP contribution in [0.5, 0.6) is 0 Å². The number of methoxy groups -OCH3 is 1. The highest BCUT2D eigenvalue weighted by molar-refractivity contribution is 5.75. The molecular weight excluding hydrogens is 258 g/mol. The first-order valence-corrected chi connectivity index (χ1v) is 7.55. The molecule has 1 saturated heterocycles. The molecule has 3 unspecified atom stereocenters. The topological polar surface area (TPSA) is 76.8 Å². The van der Waals surface area contributed by atoms with Gasteiger partial charge in [0.1, 0.15) is 0 Å². The van der Waals surface area contributed by atoms with E-state index in [-0.39, 0.29) is 18.1 Å². The van der Waals surface area contributed by atoms with Crippen molar-refractivity contribution < 1.29 is 14.3 Å². The van der Waals surface area contributed by atoms with E-state index in [4.69, 9.17) is 15.2 Å². The summed E-state index contributed by atoms with van der Waals surface area (Å²) >= 11 is 0. The van der Waals surface area contributed by atoms with E-state index >= 15 is 0 Å². The third-order valence-electron chi connectivity index (χ3n) is 4.32. The highest BCUT2D eigenvalue weighted by Crippen LogP contribution is 2.28. The summed E-state index contributed by atoms with van der Waals surface area (Å²) in [6.45, 7) is 4.99. The number of primary amides is 1. The van der Waals surface area contributed by atoms with Gasteiger partial charge in [0.05, 0.1) is 18.8 Å². The maximum atomic E-state index is 10.9. The van der Waals surface area contributed by atoms with E-state index in [2.05, 4.69) is 10.2 Å². The van der Waals surface area contributed by atoms with Crippen molar-refractivity contribution >= 4 is 5.91 Å². The second kappa shape index (κ2) is 7.36. The van der Waals surface area contributed by atoms with Crippen LogP contribution in [0.15, 0.2) is 0 Å². The maximum absolute atomic E-state index is 10.9. The lowest BCUT2D eigenvalue weighted by Crippen LogP contribution is -2.62. The van der Waals surface area contributed by atoms with Crippen molar-refractivity contribution in [3.63, 3.8) is 0 Å². The Labute approximate surface area is 121 Å². The van der Waals surface area contributed by atoms with Crippen molar-refractivity contribution in [1.82, 2.24) is 10.2 Å². The van der Waals surface area contributed by atoms with Crippen LogP contribution in [0, 0.1) is 0 Å². The van der Waals surface area contributed by atoms with Crippen LogP contribution >= 0.6 is 0 Å². The molecule has 3 N–H and O–H groups in total. The molecule has 0 spiro atoms. The molecule has 0 radical (unpaired) electrons. The highest BCUT2D eigenvalue weighted by atomic mass is 16.5. The van der Waals surface area contributed by atoms with Crippen molar-refractivity contribution in [2.75, 3.05) is 33.4 Å². The van der Waals surface area contributed by atoms with E-state index in [1.807, 2.05) is 6.92 Å². The van der Waals surface area contributed by atoms with Gasteiger partial charge in [-0.25, -0.2) is 0 Å². The van der Waals surface area contributed by atoms with Crippen molar-refractivity contribution in [3.05, 3.63) is 0 Å². The first-order valence-electron chi connectivity index (χ1n) is 7.55. The Bertz CT molecular complexity index is 319. The van der Waals surface area contributed by atoms with E-state index in [1.54, 1.807) is 7.11 Å². The maximum Gasteiger partial charge on any atom is 0.231 e. The molecule has 0 aromatic carbocycles. The molecule has 3 atom stereocenters. The lowest BCUT2D eigenvalue weighted by atomic mass is 9.84. The number of nitrogens with two attached hydrogens (primary N) is 1. The SMILES string of the molecule is CCOC1CC(NC2CCN(CC(N)=O)CC2)C1OC. The lowest BCUT2D eigenvalue weighted by molar-refractivity contribution is -0.134. The van der Waals surface area contributed by atoms with Crippen LogP contribution in [-0.2, 0) is 14.3 Å². The molecular formula is C14H27N3O3. The number of hydrogen-bond donors (Lipinski definition) is 2. The Balaban J connectivity index is 1.69. The number of nitrogens with zero attached hydrogens (tertiary/aromatic N) is 1. The van der Waals surface area contributed by atoms with Crippen LogP contribution in [0.1, 0.15) is 26.2 Å². The molecule has 2 rings (SSSR count). The molecule has 1 amide bonds. The zero-order valence-corrected chi connectivity index (χ0v) is 12.5. The van der Waals surface area contributed by atoms with Crippen LogP contribution in [-0.4, -0.2) is 68.4 Å². The Kier molecular flexibility index (Phi) is 5.77. The predicted octanol–water partition coefficient (Wildman–Crippen LogP) is -0.282. The summed E-state index contributed by atoms with van der Waals surface area (Å²) in [6, 6.07) is 0.897. The van der Waals surface area contributed by atoms with Crippen LogP contribution in [0.4, 0.5) is 0 Å². The van der Waals surface area contributed by atoms with Crippen LogP contribution in [0.2, 0.25) is 0 Å². The van der Waals surface area contributed by atoms with Crippen molar-refractivity contribution in [3.8, 4) is 0 Å². The number of likely N-dealkylation sites (tertiary alicyclic amines) is 1. The van der Waals surface area contributed by atoms with Gasteiger partial charge in [-0.1, -0.05) is 0 Å². The van der Waals surface area contributed by atoms with E-state index in [9.17, 15) is 4.79 Å². The summed E-state index contributed by atoms with van der Waals surface area (Å²) < 4.78 is 11.2. The van der Waals surface area contributed by atoms with Crippen molar-refractivity contribution in [2.45, 2.75) is 50.5 Å². The molecule has 1 saturated carbocycles. The van der Waals surface area contributed by atoms with Gasteiger partial charge < -0.3 is 20.5 Å². The van der Waals surface area contributed by atoms with Crippen molar-refractivity contribution in [2.24, 2.45) is 5.73 Å². The van der Waals surface area contributed by atoms with Crippen LogP contribution in [0.3, 0.4) is 0 Å². The number of amides is 1. The van der Waals surface area contributed by atoms with E-state index < -0.39 is 0 Å². The fraction of sp³-hybridized carbons (Fsp3) is 0.929. The quantitative estimate of drug-likeness (QED) is 0.673. The molecule has 1 aliphatic carbocycles. The summed E-state index contributed by atoms with van der Waals surface area (Å²) in [7, 11) is 1.75. The molecule has 0 bridgehead atoms. The smallest absolute Gasteiger partial charge is 0.231 e. The summed E-state index contributed by atoms with van der Waals surface area (Å²) in [6.07, 6.45) is 3.53. The summed E-state index contributed by atoms with van der Waals surface area (Å²) in [5, 5.41) is 3.67. The zero-order valence-electron chi connectivity index (χ0n) is 12.5. The van der Waals surface area contributed by atoms with Crippen LogP contribution in [0.25, 0.3) is 0 Å². The van der Waals surface area contributed by atoms with E-state index in [0.717, 1.165) is 39.0 Å². The van der Waals surface area contributed by atoms with Gasteiger partial charge in [0.25, 0.3) is 0 Å². The minimum atomic E-state index is -0.241. The highest BCUT2D eigenvalue weighted by Gasteiger charge is 2.43. The minimum absolute atomic E-state index is 0.165. The monoisotopic (exact) mass is 285 g/mol. The number of rotatable bonds is 7. The number of hydrogen-bond acceptors (Lipinski definition) is 5. The summed E-state index contributed by atoms with van der Waals surface area (Å²) in [4.78, 5) is 13.0. The first kappa shape index (κ1) is 15.7. The molecule has 0 aromatic rings. The van der Waals surface area contributed by atoms with Gasteiger partial charge in [-0.05, 0) is 26.2 Å². The average molecular weight is 285 g/mol. The van der Waals surface area contributed by atoms with E-state index in [1.165, 1.54) is 0 Å². The standard InChI is InChI=1S/C14H27N3O3/c1-3-20-12-8-11(14(12)19-2)16-10-4-6-17(7-5-10)9-13(15)18/h10-12,14,16H,3-9H2,1-2H3,(H2,15,18). The third-order valence-corrected chi connectivity index (χ3v) is 4.32. The number of ether oxygens (including phenoxy) is 2. The van der Waals surface area contributed by atoms with E-state index in [0.29, 0.717) is 18.6 Å². The second-order valence-electron chi connectivity index (χ2n) is 5.72. The summed E-state index contributed by atoms with van der Waals surface area (Å²) in [5.74, 6) is -0.241. The molecule has 20 heavy (non-hydrogen) atoms. The molecule has 2 aliphatic rings. The molecule has 1 aliphatic heterocycles. The lowest BCUT2D eigenvalue weighted by Gasteiger charge is -2.46. The Morgan fingerprint density at radius 1 is 1.40 bits per heavy atom. The molecule has 6 heteroatoms.